The van der Waals surface area contributed by atoms with Crippen LogP contribution in [-0.4, -0.2) is 4.98 Å². The number of hydrogen-bond donors (Lipinski definition) is 0. The Kier molecular flexibility index (Phi) is 5.03. The minimum absolute atomic E-state index is 0.395. The Morgan fingerprint density at radius 1 is 0.815 bits per heavy atom. The van der Waals surface area contributed by atoms with Crippen molar-refractivity contribution in [1.29, 1.82) is 0 Å². The molecule has 0 saturated heterocycles. The standard InChI is InChI=1S/C18H19N2.F6P/c1-13(2)18-19-17(14-9-5-4-6-10-14)15-11-7-8-12-16(15)20(18)3;1-7(2,3,4,5)6/h4-13H,1-3H3;/q+1;-1. The van der Waals surface area contributed by atoms with E-state index in [1.807, 2.05) is 6.07 Å². The van der Waals surface area contributed by atoms with Crippen molar-refractivity contribution >= 4 is 18.7 Å². The van der Waals surface area contributed by atoms with E-state index < -0.39 is 7.81 Å². The summed E-state index contributed by atoms with van der Waals surface area (Å²) in [6, 6.07) is 18.9. The number of nitrogens with zero attached hydrogens (tertiary/aromatic N) is 2. The second-order valence-corrected chi connectivity index (χ2v) is 8.29. The molecular formula is C18H19F6N2P. The van der Waals surface area contributed by atoms with E-state index in [-0.39, 0.29) is 0 Å². The molecule has 1 heterocycles. The normalized spacial score (nSPS) is 14.3. The molecule has 0 aliphatic carbocycles. The topological polar surface area (TPSA) is 16.8 Å². The number of aryl methyl sites for hydroxylation is 1. The van der Waals surface area contributed by atoms with Gasteiger partial charge in [0.15, 0.2) is 5.69 Å². The number of halogens is 6. The number of benzene rings is 2. The monoisotopic (exact) mass is 408 g/mol. The second kappa shape index (κ2) is 6.44. The fraction of sp³-hybridized carbons (Fsp3) is 0.222. The van der Waals surface area contributed by atoms with Gasteiger partial charge in [-0.05, 0) is 17.1 Å². The van der Waals surface area contributed by atoms with Gasteiger partial charge >= 0.3 is 38.8 Å². The Bertz CT molecular complexity index is 943. The Morgan fingerprint density at radius 3 is 1.81 bits per heavy atom. The van der Waals surface area contributed by atoms with Crippen LogP contribution in [-0.2, 0) is 7.05 Å². The number of rotatable bonds is 2. The maximum atomic E-state index is 9.87. The maximum absolute atomic E-state index is 10.7. The van der Waals surface area contributed by atoms with Gasteiger partial charge in [0.1, 0.15) is 5.52 Å². The van der Waals surface area contributed by atoms with E-state index in [1.54, 1.807) is 0 Å². The van der Waals surface area contributed by atoms with E-state index in [0.717, 1.165) is 11.5 Å². The Labute approximate surface area is 152 Å². The molecule has 148 valence electrons. The van der Waals surface area contributed by atoms with Crippen molar-refractivity contribution in [3.63, 3.8) is 0 Å². The van der Waals surface area contributed by atoms with Gasteiger partial charge in [-0.3, -0.25) is 0 Å². The van der Waals surface area contributed by atoms with Gasteiger partial charge in [-0.25, -0.2) is 4.57 Å². The van der Waals surface area contributed by atoms with Gasteiger partial charge in [-0.15, -0.1) is 0 Å². The summed E-state index contributed by atoms with van der Waals surface area (Å²) < 4.78 is 61.4. The summed E-state index contributed by atoms with van der Waals surface area (Å²) in [6.45, 7) is 4.37. The van der Waals surface area contributed by atoms with Gasteiger partial charge in [-0.1, -0.05) is 56.3 Å². The van der Waals surface area contributed by atoms with E-state index in [2.05, 4.69) is 74.0 Å². The van der Waals surface area contributed by atoms with Crippen LogP contribution in [0.25, 0.3) is 22.2 Å². The third-order valence-electron chi connectivity index (χ3n) is 3.65. The van der Waals surface area contributed by atoms with E-state index in [4.69, 9.17) is 4.98 Å². The minimum atomic E-state index is -10.7. The summed E-state index contributed by atoms with van der Waals surface area (Å²) in [7, 11) is -8.56. The summed E-state index contributed by atoms with van der Waals surface area (Å²) in [5, 5.41) is 1.20. The molecule has 0 aliphatic rings. The first-order chi connectivity index (χ1) is 12.1. The van der Waals surface area contributed by atoms with Crippen molar-refractivity contribution in [2.45, 2.75) is 19.8 Å². The molecule has 0 N–H and O–H groups in total. The van der Waals surface area contributed by atoms with Gasteiger partial charge in [0.05, 0.1) is 18.4 Å². The van der Waals surface area contributed by atoms with Crippen molar-refractivity contribution < 1.29 is 29.7 Å². The van der Waals surface area contributed by atoms with Crippen LogP contribution in [0.15, 0.2) is 54.6 Å². The van der Waals surface area contributed by atoms with Crippen molar-refractivity contribution in [3.8, 4) is 11.3 Å². The van der Waals surface area contributed by atoms with Gasteiger partial charge < -0.3 is 0 Å². The Hall–Kier alpha value is -2.21. The summed E-state index contributed by atoms with van der Waals surface area (Å²) in [4.78, 5) is 4.93. The zero-order valence-electron chi connectivity index (χ0n) is 14.9. The zero-order chi connectivity index (χ0) is 20.5. The molecule has 2 nitrogen and oxygen atoms in total. The van der Waals surface area contributed by atoms with Crippen LogP contribution in [0.5, 0.6) is 0 Å². The van der Waals surface area contributed by atoms with Crippen LogP contribution < -0.4 is 4.57 Å². The average Bonchev–Trinajstić information content (AvgIpc) is 2.53. The number of hydrogen-bond acceptors (Lipinski definition) is 1. The van der Waals surface area contributed by atoms with Crippen LogP contribution in [0.2, 0.25) is 0 Å². The molecule has 0 fully saturated rings. The van der Waals surface area contributed by atoms with E-state index in [0.29, 0.717) is 5.92 Å². The van der Waals surface area contributed by atoms with Crippen molar-refractivity contribution in [1.82, 2.24) is 4.98 Å². The molecule has 0 aliphatic heterocycles. The molecule has 3 aromatic rings. The number of aromatic nitrogens is 2. The summed E-state index contributed by atoms with van der Waals surface area (Å²) >= 11 is 0. The SMILES string of the molecule is CC(C)c1nc(-c2ccccc2)c2ccccc2[n+]1C.F[P-](F)(F)(F)(F)F. The molecular weight excluding hydrogens is 389 g/mol. The molecule has 1 aromatic heterocycles. The first-order valence-corrected chi connectivity index (χ1v) is 10.1. The Morgan fingerprint density at radius 2 is 1.30 bits per heavy atom. The number of para-hydroxylation sites is 1. The average molecular weight is 408 g/mol. The molecule has 2 aromatic carbocycles. The zero-order valence-corrected chi connectivity index (χ0v) is 15.8. The van der Waals surface area contributed by atoms with E-state index >= 15 is 0 Å². The van der Waals surface area contributed by atoms with Gasteiger partial charge in [0.25, 0.3) is 0 Å². The predicted molar refractivity (Wildman–Crippen MR) is 96.0 cm³/mol. The van der Waals surface area contributed by atoms with Crippen LogP contribution in [0.4, 0.5) is 25.2 Å². The molecule has 0 unspecified atom stereocenters. The quantitative estimate of drug-likeness (QED) is 0.248. The molecule has 0 radical (unpaired) electrons. The molecule has 0 amide bonds. The number of fused-ring (bicyclic) bond motifs is 1. The van der Waals surface area contributed by atoms with Crippen LogP contribution in [0.3, 0.4) is 0 Å². The van der Waals surface area contributed by atoms with Crippen LogP contribution in [0, 0.1) is 0 Å². The molecule has 0 saturated carbocycles. The van der Waals surface area contributed by atoms with E-state index in [1.165, 1.54) is 16.5 Å². The van der Waals surface area contributed by atoms with Crippen molar-refractivity contribution in [2.24, 2.45) is 7.05 Å². The fourth-order valence-corrected chi connectivity index (χ4v) is 2.67. The van der Waals surface area contributed by atoms with Gasteiger partial charge in [0, 0.05) is 5.56 Å². The third kappa shape index (κ3) is 6.79. The van der Waals surface area contributed by atoms with Crippen LogP contribution >= 0.6 is 7.81 Å². The summed E-state index contributed by atoms with van der Waals surface area (Å²) in [5.74, 6) is 1.51. The van der Waals surface area contributed by atoms with Crippen LogP contribution in [0.1, 0.15) is 25.6 Å². The first-order valence-electron chi connectivity index (χ1n) is 8.04. The van der Waals surface area contributed by atoms with E-state index in [9.17, 15) is 25.2 Å². The molecule has 0 atom stereocenters. The van der Waals surface area contributed by atoms with Crippen molar-refractivity contribution in [3.05, 3.63) is 60.4 Å². The first kappa shape index (κ1) is 21.1. The molecule has 27 heavy (non-hydrogen) atoms. The fourth-order valence-electron chi connectivity index (χ4n) is 2.67. The predicted octanol–water partition coefficient (Wildman–Crippen LogP) is 7.23. The molecule has 0 spiro atoms. The second-order valence-electron chi connectivity index (χ2n) is 6.37. The molecule has 3 rings (SSSR count). The van der Waals surface area contributed by atoms with Gasteiger partial charge in [-0.2, -0.15) is 0 Å². The van der Waals surface area contributed by atoms with Gasteiger partial charge in [0.2, 0.25) is 0 Å². The summed E-state index contributed by atoms with van der Waals surface area (Å²) in [6.07, 6.45) is 0. The van der Waals surface area contributed by atoms with Crippen molar-refractivity contribution in [2.75, 3.05) is 0 Å². The third-order valence-corrected chi connectivity index (χ3v) is 3.65. The Balaban J connectivity index is 0.000000321. The summed E-state index contributed by atoms with van der Waals surface area (Å²) in [5.41, 5.74) is 3.47. The molecule has 0 bridgehead atoms. The molecule has 9 heteroatoms.